The van der Waals surface area contributed by atoms with Crippen LogP contribution in [0, 0.1) is 29.1 Å². The van der Waals surface area contributed by atoms with E-state index in [1.165, 1.54) is 0 Å². The third-order valence-electron chi connectivity index (χ3n) is 5.10. The Labute approximate surface area is 82.4 Å². The van der Waals surface area contributed by atoms with E-state index in [9.17, 15) is 9.90 Å². The van der Waals surface area contributed by atoms with E-state index in [0.29, 0.717) is 17.8 Å². The Hall–Kier alpha value is -0.570. The fourth-order valence-electron chi connectivity index (χ4n) is 4.44. The first kappa shape index (κ1) is 7.69. The first-order valence-electron chi connectivity index (χ1n) is 5.50. The molecule has 0 radical (unpaired) electrons. The van der Waals surface area contributed by atoms with Gasteiger partial charge in [0.2, 0.25) is 0 Å². The predicted molar refractivity (Wildman–Crippen MR) is 47.2 cm³/mol. The number of carbonyl (C=O) groups excluding carboxylic acids is 1. The molecule has 0 aromatic heterocycles. The quantitative estimate of drug-likeness (QED) is 0.573. The van der Waals surface area contributed by atoms with Crippen LogP contribution in [-0.2, 0) is 9.53 Å². The van der Waals surface area contributed by atoms with Gasteiger partial charge in [0.1, 0.15) is 6.10 Å². The molecule has 3 aliphatic carbocycles. The number of hydrogen-bond acceptors (Lipinski definition) is 3. The number of aliphatic hydroxyl groups excluding tert-OH is 1. The highest BCUT2D eigenvalue weighted by atomic mass is 16.6. The van der Waals surface area contributed by atoms with E-state index in [4.69, 9.17) is 4.74 Å². The molecule has 4 fully saturated rings. The van der Waals surface area contributed by atoms with Crippen LogP contribution in [0.2, 0.25) is 0 Å². The van der Waals surface area contributed by atoms with Gasteiger partial charge in [0.05, 0.1) is 12.0 Å². The number of rotatable bonds is 0. The minimum absolute atomic E-state index is 0.0405. The van der Waals surface area contributed by atoms with Crippen molar-refractivity contribution in [3.8, 4) is 0 Å². The highest BCUT2D eigenvalue weighted by molar-refractivity contribution is 5.76. The molecule has 1 N–H and O–H groups in total. The SMILES string of the molecule is CC12CC3C(=O)OC(C4C(C1)C34)C2O. The maximum atomic E-state index is 11.6. The number of hydrogen-bond donors (Lipinski definition) is 1. The standard InChI is InChI=1S/C11H14O3/c1-11-2-4-6-5(3-11)10(13)14-8(7(4)6)9(11)12/h4-9,12H,2-3H2,1H3. The molecule has 0 amide bonds. The summed E-state index contributed by atoms with van der Waals surface area (Å²) in [6, 6.07) is 0. The van der Waals surface area contributed by atoms with Crippen molar-refractivity contribution < 1.29 is 14.6 Å². The molecule has 4 rings (SSSR count). The second-order valence-electron chi connectivity index (χ2n) is 5.83. The molecule has 14 heavy (non-hydrogen) atoms. The van der Waals surface area contributed by atoms with Gasteiger partial charge in [-0.1, -0.05) is 6.92 Å². The Morgan fingerprint density at radius 2 is 2.21 bits per heavy atom. The molecule has 7 unspecified atom stereocenters. The number of carbonyl (C=O) groups is 1. The van der Waals surface area contributed by atoms with Gasteiger partial charge in [0.25, 0.3) is 0 Å². The van der Waals surface area contributed by atoms with Crippen LogP contribution in [-0.4, -0.2) is 23.3 Å². The first-order chi connectivity index (χ1) is 6.62. The molecular weight excluding hydrogens is 180 g/mol. The van der Waals surface area contributed by atoms with Crippen LogP contribution in [0.5, 0.6) is 0 Å². The monoisotopic (exact) mass is 194 g/mol. The number of fused-ring (bicyclic) bond motifs is 1. The topological polar surface area (TPSA) is 46.5 Å². The third-order valence-corrected chi connectivity index (χ3v) is 5.10. The Balaban J connectivity index is 1.89. The molecule has 3 saturated carbocycles. The zero-order valence-corrected chi connectivity index (χ0v) is 8.14. The van der Waals surface area contributed by atoms with Gasteiger partial charge in [-0.15, -0.1) is 0 Å². The Kier molecular flexibility index (Phi) is 1.03. The van der Waals surface area contributed by atoms with Gasteiger partial charge >= 0.3 is 5.97 Å². The van der Waals surface area contributed by atoms with E-state index in [0.717, 1.165) is 12.8 Å². The Morgan fingerprint density at radius 3 is 3.00 bits per heavy atom. The largest absolute Gasteiger partial charge is 0.459 e. The molecule has 0 spiro atoms. The summed E-state index contributed by atoms with van der Waals surface area (Å²) in [5.74, 6) is 1.81. The number of aliphatic hydroxyl groups is 1. The molecule has 0 aromatic carbocycles. The lowest BCUT2D eigenvalue weighted by Crippen LogP contribution is -2.46. The van der Waals surface area contributed by atoms with E-state index in [-0.39, 0.29) is 23.4 Å². The van der Waals surface area contributed by atoms with E-state index in [2.05, 4.69) is 6.92 Å². The highest BCUT2D eigenvalue weighted by Gasteiger charge is 2.75. The lowest BCUT2D eigenvalue weighted by Gasteiger charge is -2.40. The zero-order chi connectivity index (χ0) is 9.66. The second-order valence-corrected chi connectivity index (χ2v) is 5.83. The molecule has 7 atom stereocenters. The fraction of sp³-hybridized carbons (Fsp3) is 0.909. The summed E-state index contributed by atoms with van der Waals surface area (Å²) in [6.07, 6.45) is 1.37. The third kappa shape index (κ3) is 0.602. The average molecular weight is 194 g/mol. The van der Waals surface area contributed by atoms with E-state index >= 15 is 0 Å². The predicted octanol–water partition coefficient (Wildman–Crippen LogP) is 0.565. The summed E-state index contributed by atoms with van der Waals surface area (Å²) in [7, 11) is 0. The van der Waals surface area contributed by atoms with Crippen LogP contribution < -0.4 is 0 Å². The van der Waals surface area contributed by atoms with Gasteiger partial charge in [-0.2, -0.15) is 0 Å². The van der Waals surface area contributed by atoms with Crippen molar-refractivity contribution in [1.82, 2.24) is 0 Å². The normalized spacial score (nSPS) is 67.7. The van der Waals surface area contributed by atoms with Gasteiger partial charge in [0.15, 0.2) is 0 Å². The van der Waals surface area contributed by atoms with Crippen molar-refractivity contribution in [2.45, 2.75) is 32.0 Å². The number of esters is 1. The van der Waals surface area contributed by atoms with Crippen LogP contribution in [0.1, 0.15) is 19.8 Å². The molecular formula is C11H14O3. The van der Waals surface area contributed by atoms with Crippen molar-refractivity contribution in [1.29, 1.82) is 0 Å². The lowest BCUT2D eigenvalue weighted by molar-refractivity contribution is -0.167. The summed E-state index contributed by atoms with van der Waals surface area (Å²) in [4.78, 5) is 11.6. The van der Waals surface area contributed by atoms with E-state index in [1.54, 1.807) is 0 Å². The van der Waals surface area contributed by atoms with Gasteiger partial charge in [-0.25, -0.2) is 0 Å². The van der Waals surface area contributed by atoms with Crippen molar-refractivity contribution in [3.05, 3.63) is 0 Å². The first-order valence-corrected chi connectivity index (χ1v) is 5.50. The Bertz CT molecular complexity index is 339. The van der Waals surface area contributed by atoms with Crippen LogP contribution in [0.3, 0.4) is 0 Å². The van der Waals surface area contributed by atoms with Crippen molar-refractivity contribution >= 4 is 5.97 Å². The van der Waals surface area contributed by atoms with Crippen LogP contribution in [0.15, 0.2) is 0 Å². The summed E-state index contributed by atoms with van der Waals surface area (Å²) >= 11 is 0. The maximum Gasteiger partial charge on any atom is 0.309 e. The molecule has 1 saturated heterocycles. The zero-order valence-electron chi connectivity index (χ0n) is 8.14. The van der Waals surface area contributed by atoms with Crippen LogP contribution >= 0.6 is 0 Å². The van der Waals surface area contributed by atoms with Crippen LogP contribution in [0.25, 0.3) is 0 Å². The number of ether oxygens (including phenoxy) is 1. The van der Waals surface area contributed by atoms with Gasteiger partial charge < -0.3 is 9.84 Å². The minimum Gasteiger partial charge on any atom is -0.459 e. The van der Waals surface area contributed by atoms with Crippen molar-refractivity contribution in [2.24, 2.45) is 29.1 Å². The highest BCUT2D eigenvalue weighted by Crippen LogP contribution is 2.72. The summed E-state index contributed by atoms with van der Waals surface area (Å²) in [5, 5.41) is 10.2. The summed E-state index contributed by atoms with van der Waals surface area (Å²) in [6.45, 7) is 2.12. The van der Waals surface area contributed by atoms with Gasteiger partial charge in [-0.3, -0.25) is 4.79 Å². The molecule has 1 aliphatic heterocycles. The molecule has 3 nitrogen and oxygen atoms in total. The van der Waals surface area contributed by atoms with Gasteiger partial charge in [-0.05, 0) is 30.1 Å². The summed E-state index contributed by atoms with van der Waals surface area (Å²) in [5.41, 5.74) is -0.0460. The molecule has 0 aromatic rings. The molecule has 1 heterocycles. The molecule has 4 aliphatic rings. The molecule has 3 heteroatoms. The average Bonchev–Trinajstić information content (AvgIpc) is 2.85. The second kappa shape index (κ2) is 1.87. The molecule has 2 bridgehead atoms. The van der Waals surface area contributed by atoms with E-state index < -0.39 is 6.10 Å². The lowest BCUT2D eigenvalue weighted by atomic mass is 9.66. The van der Waals surface area contributed by atoms with Crippen molar-refractivity contribution in [2.75, 3.05) is 0 Å². The maximum absolute atomic E-state index is 11.6. The van der Waals surface area contributed by atoms with Crippen LogP contribution in [0.4, 0.5) is 0 Å². The fourth-order valence-corrected chi connectivity index (χ4v) is 4.44. The van der Waals surface area contributed by atoms with Crippen molar-refractivity contribution in [3.63, 3.8) is 0 Å². The Morgan fingerprint density at radius 1 is 1.43 bits per heavy atom. The smallest absolute Gasteiger partial charge is 0.309 e. The van der Waals surface area contributed by atoms with Gasteiger partial charge in [0, 0.05) is 5.92 Å². The summed E-state index contributed by atoms with van der Waals surface area (Å²) < 4.78 is 5.35. The molecule has 76 valence electrons. The van der Waals surface area contributed by atoms with E-state index in [1.807, 2.05) is 0 Å². The minimum atomic E-state index is -0.412.